The fraction of sp³-hybridized carbons (Fsp3) is 0.273. The van der Waals surface area contributed by atoms with Gasteiger partial charge >= 0.3 is 0 Å². The van der Waals surface area contributed by atoms with Crippen LogP contribution in [0.1, 0.15) is 11.4 Å². The average Bonchev–Trinajstić information content (AvgIpc) is 2.77. The second kappa shape index (κ2) is 5.77. The van der Waals surface area contributed by atoms with Crippen LogP contribution in [0, 0.1) is 10.1 Å². The highest BCUT2D eigenvalue weighted by Crippen LogP contribution is 2.23. The lowest BCUT2D eigenvalue weighted by Gasteiger charge is -2.07. The molecule has 1 heterocycles. The molecular formula is C11H12ClN5O2. The molecule has 0 aliphatic heterocycles. The highest BCUT2D eigenvalue weighted by atomic mass is 35.5. The molecule has 1 N–H and O–H groups in total. The first-order chi connectivity index (χ1) is 9.11. The summed E-state index contributed by atoms with van der Waals surface area (Å²) in [5, 5.41) is 18.5. The van der Waals surface area contributed by atoms with Gasteiger partial charge in [-0.2, -0.15) is 5.10 Å². The minimum Gasteiger partial charge on any atom is -0.313 e. The summed E-state index contributed by atoms with van der Waals surface area (Å²) in [6.07, 6.45) is 1.42. The van der Waals surface area contributed by atoms with E-state index < -0.39 is 4.92 Å². The van der Waals surface area contributed by atoms with Crippen molar-refractivity contribution in [1.29, 1.82) is 0 Å². The van der Waals surface area contributed by atoms with Crippen LogP contribution in [0.2, 0.25) is 5.02 Å². The number of hydrogen-bond donors (Lipinski definition) is 1. The number of halogens is 1. The summed E-state index contributed by atoms with van der Waals surface area (Å²) in [5.74, 6) is 0.705. The topological polar surface area (TPSA) is 85.9 Å². The van der Waals surface area contributed by atoms with Crippen molar-refractivity contribution in [3.05, 3.63) is 51.1 Å². The maximum absolute atomic E-state index is 11.0. The van der Waals surface area contributed by atoms with Crippen molar-refractivity contribution in [3.8, 4) is 0 Å². The third-order valence-electron chi connectivity index (χ3n) is 2.59. The first-order valence-corrected chi connectivity index (χ1v) is 5.93. The molecule has 8 heteroatoms. The van der Waals surface area contributed by atoms with E-state index in [9.17, 15) is 10.1 Å². The van der Waals surface area contributed by atoms with E-state index in [-0.39, 0.29) is 12.2 Å². The molecule has 0 fully saturated rings. The Kier molecular flexibility index (Phi) is 4.08. The van der Waals surface area contributed by atoms with Crippen molar-refractivity contribution in [2.75, 3.05) is 7.05 Å². The number of benzene rings is 1. The van der Waals surface area contributed by atoms with Gasteiger partial charge in [-0.15, -0.1) is 0 Å². The van der Waals surface area contributed by atoms with Crippen molar-refractivity contribution in [2.45, 2.75) is 13.1 Å². The number of hydrogen-bond acceptors (Lipinski definition) is 5. The molecular weight excluding hydrogens is 270 g/mol. The van der Waals surface area contributed by atoms with Crippen LogP contribution in [0.5, 0.6) is 0 Å². The van der Waals surface area contributed by atoms with Gasteiger partial charge in [0.15, 0.2) is 0 Å². The molecule has 0 aliphatic rings. The Morgan fingerprint density at radius 2 is 2.32 bits per heavy atom. The largest absolute Gasteiger partial charge is 0.313 e. The average molecular weight is 282 g/mol. The van der Waals surface area contributed by atoms with Crippen LogP contribution in [0.25, 0.3) is 0 Å². The summed E-state index contributed by atoms with van der Waals surface area (Å²) >= 11 is 5.88. The Balaban J connectivity index is 2.34. The van der Waals surface area contributed by atoms with Crippen LogP contribution in [-0.2, 0) is 13.1 Å². The number of nitrogens with one attached hydrogen (secondary N) is 1. The highest BCUT2D eigenvalue weighted by Gasteiger charge is 2.16. The standard InChI is InChI=1S/C11H12ClN5O2/c1-13-5-11-14-7-15-16(11)6-8-4-9(12)2-3-10(8)17(18)19/h2-4,7,13H,5-6H2,1H3. The first kappa shape index (κ1) is 13.4. The lowest BCUT2D eigenvalue weighted by atomic mass is 10.2. The summed E-state index contributed by atoms with van der Waals surface area (Å²) in [7, 11) is 1.79. The van der Waals surface area contributed by atoms with E-state index in [0.29, 0.717) is 23.0 Å². The predicted octanol–water partition coefficient (Wildman–Crippen LogP) is 1.61. The molecule has 0 atom stereocenters. The molecule has 2 rings (SSSR count). The fourth-order valence-electron chi connectivity index (χ4n) is 1.74. The number of nitro groups is 1. The van der Waals surface area contributed by atoms with Gasteiger partial charge in [0.25, 0.3) is 5.69 Å². The molecule has 100 valence electrons. The van der Waals surface area contributed by atoms with Crippen LogP contribution in [0.15, 0.2) is 24.5 Å². The van der Waals surface area contributed by atoms with E-state index in [1.54, 1.807) is 17.8 Å². The molecule has 0 unspecified atom stereocenters. The van der Waals surface area contributed by atoms with E-state index >= 15 is 0 Å². The van der Waals surface area contributed by atoms with E-state index in [0.717, 1.165) is 0 Å². The maximum Gasteiger partial charge on any atom is 0.274 e. The number of aromatic nitrogens is 3. The van der Waals surface area contributed by atoms with Gasteiger partial charge in [-0.05, 0) is 19.2 Å². The molecule has 19 heavy (non-hydrogen) atoms. The zero-order valence-electron chi connectivity index (χ0n) is 10.2. The van der Waals surface area contributed by atoms with Gasteiger partial charge in [0.2, 0.25) is 0 Å². The van der Waals surface area contributed by atoms with Crippen molar-refractivity contribution >= 4 is 17.3 Å². The molecule has 0 saturated carbocycles. The smallest absolute Gasteiger partial charge is 0.274 e. The Labute approximate surface area is 114 Å². The number of rotatable bonds is 5. The Morgan fingerprint density at radius 1 is 1.53 bits per heavy atom. The van der Waals surface area contributed by atoms with Gasteiger partial charge in [0.05, 0.1) is 23.6 Å². The maximum atomic E-state index is 11.0. The van der Waals surface area contributed by atoms with E-state index in [1.807, 2.05) is 0 Å². The van der Waals surface area contributed by atoms with Crippen LogP contribution in [0.4, 0.5) is 5.69 Å². The quantitative estimate of drug-likeness (QED) is 0.665. The van der Waals surface area contributed by atoms with Gasteiger partial charge in [0, 0.05) is 11.1 Å². The van der Waals surface area contributed by atoms with E-state index in [1.165, 1.54) is 18.5 Å². The molecule has 0 amide bonds. The molecule has 0 radical (unpaired) electrons. The summed E-state index contributed by atoms with van der Waals surface area (Å²) in [5.41, 5.74) is 0.524. The molecule has 0 saturated heterocycles. The molecule has 0 bridgehead atoms. The van der Waals surface area contributed by atoms with E-state index in [4.69, 9.17) is 11.6 Å². The lowest BCUT2D eigenvalue weighted by molar-refractivity contribution is -0.385. The first-order valence-electron chi connectivity index (χ1n) is 5.56. The minimum atomic E-state index is -0.430. The lowest BCUT2D eigenvalue weighted by Crippen LogP contribution is -2.14. The van der Waals surface area contributed by atoms with Crippen molar-refractivity contribution in [1.82, 2.24) is 20.1 Å². The zero-order valence-corrected chi connectivity index (χ0v) is 11.0. The molecule has 1 aromatic carbocycles. The summed E-state index contributed by atoms with van der Waals surface area (Å²) in [6, 6.07) is 4.47. The number of nitro benzene ring substituents is 1. The van der Waals surface area contributed by atoms with Crippen LogP contribution < -0.4 is 5.32 Å². The van der Waals surface area contributed by atoms with Crippen molar-refractivity contribution in [3.63, 3.8) is 0 Å². The third kappa shape index (κ3) is 3.07. The van der Waals surface area contributed by atoms with E-state index in [2.05, 4.69) is 15.4 Å². The third-order valence-corrected chi connectivity index (χ3v) is 2.82. The minimum absolute atomic E-state index is 0.0234. The Morgan fingerprint density at radius 3 is 3.00 bits per heavy atom. The van der Waals surface area contributed by atoms with Crippen molar-refractivity contribution in [2.24, 2.45) is 0 Å². The van der Waals surface area contributed by atoms with Gasteiger partial charge in [-0.3, -0.25) is 10.1 Å². The summed E-state index contributed by atoms with van der Waals surface area (Å²) < 4.78 is 1.61. The second-order valence-electron chi connectivity index (χ2n) is 3.89. The molecule has 1 aromatic heterocycles. The Bertz CT molecular complexity index is 599. The zero-order chi connectivity index (χ0) is 13.8. The van der Waals surface area contributed by atoms with Crippen molar-refractivity contribution < 1.29 is 4.92 Å². The van der Waals surface area contributed by atoms with Crippen LogP contribution in [-0.4, -0.2) is 26.7 Å². The normalized spacial score (nSPS) is 10.6. The van der Waals surface area contributed by atoms with Gasteiger partial charge in [-0.1, -0.05) is 11.6 Å². The second-order valence-corrected chi connectivity index (χ2v) is 4.33. The van der Waals surface area contributed by atoms with Crippen LogP contribution >= 0.6 is 11.6 Å². The fourth-order valence-corrected chi connectivity index (χ4v) is 1.93. The predicted molar refractivity (Wildman–Crippen MR) is 70.0 cm³/mol. The molecule has 0 spiro atoms. The monoisotopic (exact) mass is 281 g/mol. The molecule has 2 aromatic rings. The Hall–Kier alpha value is -1.99. The summed E-state index contributed by atoms with van der Waals surface area (Å²) in [6.45, 7) is 0.794. The molecule has 0 aliphatic carbocycles. The van der Waals surface area contributed by atoms with Gasteiger partial charge < -0.3 is 5.32 Å². The number of nitrogens with zero attached hydrogens (tertiary/aromatic N) is 4. The summed E-state index contributed by atoms with van der Waals surface area (Å²) in [4.78, 5) is 14.6. The van der Waals surface area contributed by atoms with Crippen LogP contribution in [0.3, 0.4) is 0 Å². The molecule has 7 nitrogen and oxygen atoms in total. The SMILES string of the molecule is CNCc1ncnn1Cc1cc(Cl)ccc1[N+](=O)[O-]. The highest BCUT2D eigenvalue weighted by molar-refractivity contribution is 6.30. The van der Waals surface area contributed by atoms with Gasteiger partial charge in [0.1, 0.15) is 12.2 Å². The van der Waals surface area contributed by atoms with Gasteiger partial charge in [-0.25, -0.2) is 9.67 Å².